The molecule has 2 aromatic carbocycles. The van der Waals surface area contributed by atoms with Crippen molar-refractivity contribution < 1.29 is 0 Å². The van der Waals surface area contributed by atoms with Crippen LogP contribution in [0, 0.1) is 6.92 Å². The molecular formula is C14H11BrClN3. The van der Waals surface area contributed by atoms with E-state index in [0.717, 1.165) is 26.8 Å². The minimum Gasteiger partial charge on any atom is -0.369 e. The van der Waals surface area contributed by atoms with Crippen LogP contribution in [0.5, 0.6) is 0 Å². The highest BCUT2D eigenvalue weighted by Gasteiger charge is 2.12. The molecule has 0 saturated heterocycles. The molecule has 1 aromatic heterocycles. The topological polar surface area (TPSA) is 43.8 Å². The lowest BCUT2D eigenvalue weighted by molar-refractivity contribution is 1.09. The molecule has 0 amide bonds. The van der Waals surface area contributed by atoms with Crippen molar-refractivity contribution in [3.8, 4) is 5.69 Å². The van der Waals surface area contributed by atoms with E-state index < -0.39 is 0 Å². The molecule has 3 nitrogen and oxygen atoms in total. The number of fused-ring (bicyclic) bond motifs is 1. The highest BCUT2D eigenvalue weighted by molar-refractivity contribution is 9.10. The third-order valence-electron chi connectivity index (χ3n) is 3.05. The first kappa shape index (κ1) is 12.5. The quantitative estimate of drug-likeness (QED) is 0.718. The molecule has 0 unspecified atom stereocenters. The minimum atomic E-state index is 0.457. The number of benzene rings is 2. The van der Waals surface area contributed by atoms with Crippen LogP contribution in [0.1, 0.15) is 5.56 Å². The fourth-order valence-corrected chi connectivity index (χ4v) is 2.66. The van der Waals surface area contributed by atoms with E-state index in [-0.39, 0.29) is 0 Å². The molecule has 0 spiro atoms. The van der Waals surface area contributed by atoms with Gasteiger partial charge in [-0.1, -0.05) is 33.6 Å². The average Bonchev–Trinajstić information content (AvgIpc) is 2.67. The summed E-state index contributed by atoms with van der Waals surface area (Å²) in [5.74, 6) is 0.457. The van der Waals surface area contributed by atoms with Gasteiger partial charge < -0.3 is 5.73 Å². The number of hydrogen-bond acceptors (Lipinski definition) is 2. The SMILES string of the molecule is Cc1ccc(Br)cc1-n1c(N)nc2cc(Cl)ccc21. The Morgan fingerprint density at radius 2 is 2.00 bits per heavy atom. The molecule has 0 aliphatic carbocycles. The lowest BCUT2D eigenvalue weighted by Crippen LogP contribution is -2.02. The fraction of sp³-hybridized carbons (Fsp3) is 0.0714. The first-order valence-corrected chi connectivity index (χ1v) is 6.93. The molecule has 0 fully saturated rings. The Kier molecular flexibility index (Phi) is 2.99. The van der Waals surface area contributed by atoms with Gasteiger partial charge in [-0.25, -0.2) is 4.98 Å². The summed E-state index contributed by atoms with van der Waals surface area (Å²) in [6.07, 6.45) is 0. The number of aryl methyl sites for hydroxylation is 1. The average molecular weight is 337 g/mol. The normalized spacial score (nSPS) is 11.1. The van der Waals surface area contributed by atoms with Gasteiger partial charge in [-0.05, 0) is 42.8 Å². The number of nitrogens with two attached hydrogens (primary N) is 1. The monoisotopic (exact) mass is 335 g/mol. The van der Waals surface area contributed by atoms with E-state index in [1.165, 1.54) is 0 Å². The van der Waals surface area contributed by atoms with Gasteiger partial charge in [0.1, 0.15) is 0 Å². The van der Waals surface area contributed by atoms with E-state index in [9.17, 15) is 0 Å². The van der Waals surface area contributed by atoms with Gasteiger partial charge in [0, 0.05) is 9.50 Å². The molecule has 5 heteroatoms. The van der Waals surface area contributed by atoms with Crippen LogP contribution in [0.25, 0.3) is 16.7 Å². The maximum Gasteiger partial charge on any atom is 0.205 e. The van der Waals surface area contributed by atoms with Crippen LogP contribution in [0.4, 0.5) is 5.95 Å². The molecule has 3 aromatic rings. The van der Waals surface area contributed by atoms with E-state index in [2.05, 4.69) is 20.9 Å². The number of nitrogens with zero attached hydrogens (tertiary/aromatic N) is 2. The molecule has 0 aliphatic heterocycles. The molecular weight excluding hydrogens is 326 g/mol. The number of rotatable bonds is 1. The minimum absolute atomic E-state index is 0.457. The Labute approximate surface area is 124 Å². The van der Waals surface area contributed by atoms with Gasteiger partial charge >= 0.3 is 0 Å². The summed E-state index contributed by atoms with van der Waals surface area (Å²) in [6.45, 7) is 2.04. The van der Waals surface area contributed by atoms with E-state index >= 15 is 0 Å². The number of nitrogen functional groups attached to an aromatic ring is 1. The first-order valence-electron chi connectivity index (χ1n) is 5.76. The van der Waals surface area contributed by atoms with Crippen LogP contribution in [0.3, 0.4) is 0 Å². The van der Waals surface area contributed by atoms with Gasteiger partial charge in [-0.3, -0.25) is 4.57 Å². The van der Waals surface area contributed by atoms with Crippen molar-refractivity contribution in [2.75, 3.05) is 5.73 Å². The van der Waals surface area contributed by atoms with Gasteiger partial charge in [0.2, 0.25) is 5.95 Å². The Morgan fingerprint density at radius 3 is 2.79 bits per heavy atom. The smallest absolute Gasteiger partial charge is 0.205 e. The largest absolute Gasteiger partial charge is 0.369 e. The Hall–Kier alpha value is -1.52. The molecule has 96 valence electrons. The maximum absolute atomic E-state index is 6.05. The third-order valence-corrected chi connectivity index (χ3v) is 3.78. The fourth-order valence-electron chi connectivity index (χ4n) is 2.15. The molecule has 0 atom stereocenters. The molecule has 3 rings (SSSR count). The van der Waals surface area contributed by atoms with Crippen molar-refractivity contribution >= 4 is 44.5 Å². The lowest BCUT2D eigenvalue weighted by atomic mass is 10.2. The summed E-state index contributed by atoms with van der Waals surface area (Å²) < 4.78 is 2.94. The zero-order valence-electron chi connectivity index (χ0n) is 10.2. The van der Waals surface area contributed by atoms with E-state index in [0.29, 0.717) is 11.0 Å². The van der Waals surface area contributed by atoms with Gasteiger partial charge in [0.25, 0.3) is 0 Å². The van der Waals surface area contributed by atoms with Crippen LogP contribution in [-0.4, -0.2) is 9.55 Å². The predicted molar refractivity (Wildman–Crippen MR) is 82.9 cm³/mol. The Morgan fingerprint density at radius 1 is 1.21 bits per heavy atom. The molecule has 2 N–H and O–H groups in total. The molecule has 0 aliphatic rings. The zero-order valence-corrected chi connectivity index (χ0v) is 12.5. The molecule has 19 heavy (non-hydrogen) atoms. The van der Waals surface area contributed by atoms with Crippen molar-refractivity contribution in [1.29, 1.82) is 0 Å². The van der Waals surface area contributed by atoms with Crippen LogP contribution in [0.2, 0.25) is 5.02 Å². The van der Waals surface area contributed by atoms with E-state index in [1.54, 1.807) is 0 Å². The summed E-state index contributed by atoms with van der Waals surface area (Å²) in [4.78, 5) is 4.36. The van der Waals surface area contributed by atoms with Crippen molar-refractivity contribution in [3.63, 3.8) is 0 Å². The second-order valence-corrected chi connectivity index (χ2v) is 5.72. The second kappa shape index (κ2) is 4.54. The van der Waals surface area contributed by atoms with Crippen molar-refractivity contribution in [3.05, 3.63) is 51.5 Å². The highest BCUT2D eigenvalue weighted by atomic mass is 79.9. The summed E-state index contributed by atoms with van der Waals surface area (Å²) in [5, 5.41) is 0.656. The number of hydrogen-bond donors (Lipinski definition) is 1. The summed E-state index contributed by atoms with van der Waals surface area (Å²) in [6, 6.07) is 11.7. The standard InChI is InChI=1S/C14H11BrClN3/c1-8-2-3-9(15)6-13(8)19-12-5-4-10(16)7-11(12)18-14(19)17/h2-7H,1H3,(H2,17,18). The summed E-state index contributed by atoms with van der Waals surface area (Å²) in [7, 11) is 0. The van der Waals surface area contributed by atoms with Crippen molar-refractivity contribution in [1.82, 2.24) is 9.55 Å². The third kappa shape index (κ3) is 2.11. The molecule has 0 radical (unpaired) electrons. The van der Waals surface area contributed by atoms with Crippen LogP contribution < -0.4 is 5.73 Å². The number of halogens is 2. The van der Waals surface area contributed by atoms with Gasteiger partial charge in [0.15, 0.2) is 0 Å². The van der Waals surface area contributed by atoms with E-state index in [4.69, 9.17) is 17.3 Å². The van der Waals surface area contributed by atoms with Crippen molar-refractivity contribution in [2.45, 2.75) is 6.92 Å². The van der Waals surface area contributed by atoms with Crippen LogP contribution >= 0.6 is 27.5 Å². The molecule has 0 saturated carbocycles. The zero-order chi connectivity index (χ0) is 13.6. The van der Waals surface area contributed by atoms with E-state index in [1.807, 2.05) is 47.9 Å². The summed E-state index contributed by atoms with van der Waals surface area (Å²) in [5.41, 5.74) is 9.93. The predicted octanol–water partition coefficient (Wildman–Crippen LogP) is 4.33. The maximum atomic E-state index is 6.05. The molecule has 0 bridgehead atoms. The van der Waals surface area contributed by atoms with Crippen molar-refractivity contribution in [2.24, 2.45) is 0 Å². The number of anilines is 1. The lowest BCUT2D eigenvalue weighted by Gasteiger charge is -2.10. The first-order chi connectivity index (χ1) is 9.06. The Bertz CT molecular complexity index is 780. The summed E-state index contributed by atoms with van der Waals surface area (Å²) >= 11 is 9.47. The number of aromatic nitrogens is 2. The van der Waals surface area contributed by atoms with Gasteiger partial charge in [-0.15, -0.1) is 0 Å². The van der Waals surface area contributed by atoms with Gasteiger partial charge in [-0.2, -0.15) is 0 Å². The highest BCUT2D eigenvalue weighted by Crippen LogP contribution is 2.28. The number of imidazole rings is 1. The Balaban J connectivity index is 2.36. The van der Waals surface area contributed by atoms with Gasteiger partial charge in [0.05, 0.1) is 16.7 Å². The second-order valence-electron chi connectivity index (χ2n) is 4.37. The van der Waals surface area contributed by atoms with Crippen LogP contribution in [-0.2, 0) is 0 Å². The molecule has 1 heterocycles. The van der Waals surface area contributed by atoms with Crippen LogP contribution in [0.15, 0.2) is 40.9 Å².